The number of anilines is 1. The van der Waals surface area contributed by atoms with Crippen LogP contribution >= 0.6 is 35.0 Å². The summed E-state index contributed by atoms with van der Waals surface area (Å²) < 4.78 is 39.2. The normalized spacial score (nSPS) is 16.8. The van der Waals surface area contributed by atoms with Crippen molar-refractivity contribution in [2.24, 2.45) is 4.99 Å². The summed E-state index contributed by atoms with van der Waals surface area (Å²) in [5, 5.41) is 0.715. The minimum atomic E-state index is -4.56. The maximum absolute atomic E-state index is 13.1. The minimum Gasteiger partial charge on any atom is -0.284 e. The van der Waals surface area contributed by atoms with Gasteiger partial charge in [0.25, 0.3) is 0 Å². The molecule has 0 spiro atoms. The third-order valence-corrected chi connectivity index (χ3v) is 5.54. The number of nitrogens with zero attached hydrogens (tertiary/aromatic N) is 3. The van der Waals surface area contributed by atoms with Gasteiger partial charge >= 0.3 is 12.2 Å². The fraction of sp³-hybridized carbons (Fsp3) is 0.222. The monoisotopic (exact) mass is 447 g/mol. The van der Waals surface area contributed by atoms with Crippen molar-refractivity contribution >= 4 is 51.8 Å². The molecule has 2 amide bonds. The Labute approximate surface area is 173 Å². The van der Waals surface area contributed by atoms with E-state index in [0.29, 0.717) is 26.2 Å². The van der Waals surface area contributed by atoms with E-state index in [1.54, 1.807) is 48.5 Å². The highest BCUT2D eigenvalue weighted by Gasteiger charge is 2.40. The lowest BCUT2D eigenvalue weighted by Crippen LogP contribution is -2.53. The summed E-state index contributed by atoms with van der Waals surface area (Å²) in [5.74, 6) is 0.164. The van der Waals surface area contributed by atoms with Crippen LogP contribution in [0.1, 0.15) is 5.56 Å². The number of amides is 2. The first-order valence-corrected chi connectivity index (χ1v) is 9.81. The zero-order chi connectivity index (χ0) is 20.3. The first-order valence-electron chi connectivity index (χ1n) is 8.06. The number of para-hydroxylation sites is 1. The Bertz CT molecular complexity index is 893. The lowest BCUT2D eigenvalue weighted by molar-refractivity contribution is -0.133. The average molecular weight is 448 g/mol. The Morgan fingerprint density at radius 1 is 1.07 bits per heavy atom. The van der Waals surface area contributed by atoms with Crippen molar-refractivity contribution in [3.63, 3.8) is 0 Å². The summed E-state index contributed by atoms with van der Waals surface area (Å²) in [6, 6.07) is 12.6. The van der Waals surface area contributed by atoms with Crippen molar-refractivity contribution in [1.29, 1.82) is 0 Å². The molecule has 1 fully saturated rings. The van der Waals surface area contributed by atoms with Crippen LogP contribution < -0.4 is 4.90 Å². The van der Waals surface area contributed by atoms with E-state index < -0.39 is 18.8 Å². The maximum atomic E-state index is 13.1. The predicted octanol–water partition coefficient (Wildman–Crippen LogP) is 6.04. The van der Waals surface area contributed by atoms with Crippen molar-refractivity contribution in [2.45, 2.75) is 12.7 Å². The van der Waals surface area contributed by atoms with Crippen molar-refractivity contribution in [3.05, 3.63) is 64.1 Å². The number of rotatable bonds is 4. The molecule has 3 rings (SSSR count). The van der Waals surface area contributed by atoms with Crippen LogP contribution in [-0.2, 0) is 6.54 Å². The third-order valence-electron chi connectivity index (χ3n) is 3.80. The Kier molecular flexibility index (Phi) is 6.42. The van der Waals surface area contributed by atoms with E-state index in [-0.39, 0.29) is 17.6 Å². The molecule has 1 saturated heterocycles. The van der Waals surface area contributed by atoms with Gasteiger partial charge in [0.15, 0.2) is 5.17 Å². The topological polar surface area (TPSA) is 35.9 Å². The Morgan fingerprint density at radius 2 is 1.79 bits per heavy atom. The zero-order valence-corrected chi connectivity index (χ0v) is 16.6. The van der Waals surface area contributed by atoms with Crippen LogP contribution in [0.25, 0.3) is 0 Å². The molecule has 1 heterocycles. The smallest absolute Gasteiger partial charge is 0.284 e. The molecule has 10 heteroatoms. The van der Waals surface area contributed by atoms with Crippen molar-refractivity contribution in [3.8, 4) is 0 Å². The highest BCUT2D eigenvalue weighted by Crippen LogP contribution is 2.30. The van der Waals surface area contributed by atoms with Gasteiger partial charge in [-0.2, -0.15) is 13.2 Å². The van der Waals surface area contributed by atoms with Crippen LogP contribution in [0.2, 0.25) is 10.0 Å². The summed E-state index contributed by atoms with van der Waals surface area (Å²) in [5.41, 5.74) is 1.20. The number of amidine groups is 1. The highest BCUT2D eigenvalue weighted by molar-refractivity contribution is 8.14. The average Bonchev–Trinajstić information content (AvgIpc) is 2.65. The van der Waals surface area contributed by atoms with Crippen molar-refractivity contribution in [1.82, 2.24) is 4.90 Å². The molecule has 1 aliphatic rings. The number of benzene rings is 2. The van der Waals surface area contributed by atoms with E-state index in [1.165, 1.54) is 4.90 Å². The van der Waals surface area contributed by atoms with Crippen LogP contribution in [0.4, 0.5) is 23.7 Å². The molecule has 0 saturated carbocycles. The molecule has 0 unspecified atom stereocenters. The van der Waals surface area contributed by atoms with E-state index in [1.807, 2.05) is 0 Å². The Morgan fingerprint density at radius 3 is 2.43 bits per heavy atom. The summed E-state index contributed by atoms with van der Waals surface area (Å²) >= 11 is 12.9. The summed E-state index contributed by atoms with van der Waals surface area (Å²) in [6.45, 7) is -1.34. The summed E-state index contributed by atoms with van der Waals surface area (Å²) in [4.78, 5) is 18.9. The largest absolute Gasteiger partial charge is 0.406 e. The molecule has 1 aliphatic heterocycles. The van der Waals surface area contributed by atoms with Gasteiger partial charge in [-0.1, -0.05) is 59.2 Å². The fourth-order valence-corrected chi connectivity index (χ4v) is 3.80. The molecule has 2 aromatic carbocycles. The van der Waals surface area contributed by atoms with Crippen LogP contribution in [-0.4, -0.2) is 34.7 Å². The molecule has 148 valence electrons. The van der Waals surface area contributed by atoms with E-state index in [2.05, 4.69) is 4.99 Å². The van der Waals surface area contributed by atoms with Gasteiger partial charge in [-0.25, -0.2) is 4.79 Å². The SMILES string of the molecule is O=C1N(CC(F)(F)F)/C(=N\Cc2ccc(Cl)c(Cl)c2)SCN1c1ccccc1. The van der Waals surface area contributed by atoms with Gasteiger partial charge in [-0.3, -0.25) is 14.8 Å². The molecule has 0 bridgehead atoms. The molecule has 0 N–H and O–H groups in total. The Hall–Kier alpha value is -1.90. The van der Waals surface area contributed by atoms with Gasteiger partial charge in [0.2, 0.25) is 0 Å². The van der Waals surface area contributed by atoms with E-state index in [4.69, 9.17) is 23.2 Å². The number of aliphatic imine (C=N–C) groups is 1. The minimum absolute atomic E-state index is 0.0144. The molecule has 0 aliphatic carbocycles. The standard InChI is InChI=1S/C18H14Cl2F3N3OS/c19-14-7-6-12(8-15(14)20)9-24-16-25(10-18(21,22)23)17(27)26(11-28-16)13-4-2-1-3-5-13/h1-8H,9-11H2/b24-16+. The lowest BCUT2D eigenvalue weighted by atomic mass is 10.2. The van der Waals surface area contributed by atoms with E-state index in [0.717, 1.165) is 11.8 Å². The van der Waals surface area contributed by atoms with Gasteiger partial charge in [-0.05, 0) is 29.8 Å². The van der Waals surface area contributed by atoms with Crippen LogP contribution in [0.5, 0.6) is 0 Å². The lowest BCUT2D eigenvalue weighted by Gasteiger charge is -2.36. The molecule has 0 radical (unpaired) electrons. The number of hydrogen-bond donors (Lipinski definition) is 0. The number of carbonyl (C=O) groups excluding carboxylic acids is 1. The molecular formula is C18H14Cl2F3N3OS. The molecular weight excluding hydrogens is 434 g/mol. The fourth-order valence-electron chi connectivity index (χ4n) is 2.52. The third kappa shape index (κ3) is 5.12. The number of thioether (sulfide) groups is 1. The second-order valence-corrected chi connectivity index (χ2v) is 7.59. The second-order valence-electron chi connectivity index (χ2n) is 5.87. The van der Waals surface area contributed by atoms with Crippen LogP contribution in [0, 0.1) is 0 Å². The van der Waals surface area contributed by atoms with Gasteiger partial charge in [0.05, 0.1) is 22.5 Å². The number of alkyl halides is 3. The first kappa shape index (κ1) is 20.8. The number of hydrogen-bond acceptors (Lipinski definition) is 3. The van der Waals surface area contributed by atoms with Crippen molar-refractivity contribution < 1.29 is 18.0 Å². The number of halogens is 5. The van der Waals surface area contributed by atoms with Gasteiger partial charge in [0.1, 0.15) is 6.54 Å². The van der Waals surface area contributed by atoms with Crippen LogP contribution in [0.15, 0.2) is 53.5 Å². The Balaban J connectivity index is 1.85. The molecule has 0 atom stereocenters. The van der Waals surface area contributed by atoms with Gasteiger partial charge < -0.3 is 0 Å². The highest BCUT2D eigenvalue weighted by atomic mass is 35.5. The summed E-state index contributed by atoms with van der Waals surface area (Å²) in [6.07, 6.45) is -4.56. The first-order chi connectivity index (χ1) is 13.2. The zero-order valence-electron chi connectivity index (χ0n) is 14.3. The molecule has 2 aromatic rings. The molecule has 0 aromatic heterocycles. The van der Waals surface area contributed by atoms with E-state index in [9.17, 15) is 18.0 Å². The quantitative estimate of drug-likeness (QED) is 0.572. The predicted molar refractivity (Wildman–Crippen MR) is 107 cm³/mol. The number of urea groups is 1. The van der Waals surface area contributed by atoms with Crippen molar-refractivity contribution in [2.75, 3.05) is 17.3 Å². The van der Waals surface area contributed by atoms with E-state index >= 15 is 0 Å². The second kappa shape index (κ2) is 8.63. The molecule has 4 nitrogen and oxygen atoms in total. The van der Waals surface area contributed by atoms with Gasteiger partial charge in [-0.15, -0.1) is 0 Å². The maximum Gasteiger partial charge on any atom is 0.406 e. The summed E-state index contributed by atoms with van der Waals surface area (Å²) in [7, 11) is 0. The molecule has 28 heavy (non-hydrogen) atoms. The van der Waals surface area contributed by atoms with Crippen LogP contribution in [0.3, 0.4) is 0 Å². The van der Waals surface area contributed by atoms with Gasteiger partial charge in [0, 0.05) is 5.69 Å². The number of carbonyl (C=O) groups is 1.